The summed E-state index contributed by atoms with van der Waals surface area (Å²) in [6.45, 7) is 6.55. The van der Waals surface area contributed by atoms with Gasteiger partial charge in [-0.3, -0.25) is 4.79 Å². The maximum Gasteiger partial charge on any atom is 0.251 e. The van der Waals surface area contributed by atoms with Gasteiger partial charge in [0, 0.05) is 11.6 Å². The van der Waals surface area contributed by atoms with E-state index < -0.39 is 0 Å². The molecule has 0 heterocycles. The molecule has 0 bridgehead atoms. The minimum atomic E-state index is 0.0428. The summed E-state index contributed by atoms with van der Waals surface area (Å²) in [5, 5.41) is 3.10. The van der Waals surface area contributed by atoms with Gasteiger partial charge in [0.2, 0.25) is 0 Å². The molecule has 0 radical (unpaired) electrons. The molecule has 1 rings (SSSR count). The number of hydrogen-bond acceptors (Lipinski definition) is 1. The predicted molar refractivity (Wildman–Crippen MR) is 72.1 cm³/mol. The van der Waals surface area contributed by atoms with Crippen LogP contribution in [0.25, 0.3) is 0 Å². The highest BCUT2D eigenvalue weighted by molar-refractivity contribution is 5.94. The third kappa shape index (κ3) is 5.03. The predicted octanol–water partition coefficient (Wildman–Crippen LogP) is 3.63. The smallest absolute Gasteiger partial charge is 0.251 e. The van der Waals surface area contributed by atoms with Crippen LogP contribution in [0.15, 0.2) is 30.3 Å². The van der Waals surface area contributed by atoms with E-state index in [1.807, 2.05) is 30.3 Å². The molecule has 0 saturated carbocycles. The van der Waals surface area contributed by atoms with Crippen LogP contribution in [0.5, 0.6) is 0 Å². The summed E-state index contributed by atoms with van der Waals surface area (Å²) in [5.74, 6) is 0.735. The Hall–Kier alpha value is -1.31. The van der Waals surface area contributed by atoms with Gasteiger partial charge in [-0.1, -0.05) is 39.0 Å². The Morgan fingerprint density at radius 1 is 1.18 bits per heavy atom. The van der Waals surface area contributed by atoms with E-state index in [2.05, 4.69) is 26.1 Å². The van der Waals surface area contributed by atoms with Crippen molar-refractivity contribution in [3.8, 4) is 0 Å². The van der Waals surface area contributed by atoms with Crippen LogP contribution in [-0.4, -0.2) is 11.9 Å². The van der Waals surface area contributed by atoms with Crippen molar-refractivity contribution in [1.82, 2.24) is 5.32 Å². The number of rotatable bonds is 6. The van der Waals surface area contributed by atoms with E-state index in [-0.39, 0.29) is 5.91 Å². The zero-order valence-corrected chi connectivity index (χ0v) is 11.1. The number of nitrogens with one attached hydrogen (secondary N) is 1. The van der Waals surface area contributed by atoms with Crippen molar-refractivity contribution in [3.05, 3.63) is 35.9 Å². The first-order valence-corrected chi connectivity index (χ1v) is 6.49. The lowest BCUT2D eigenvalue weighted by molar-refractivity contribution is 0.0932. The molecular formula is C15H23NO. The van der Waals surface area contributed by atoms with Crippen molar-refractivity contribution in [2.75, 3.05) is 0 Å². The van der Waals surface area contributed by atoms with E-state index in [1.54, 1.807) is 0 Å². The molecule has 0 aromatic heterocycles. The first-order valence-electron chi connectivity index (χ1n) is 6.49. The van der Waals surface area contributed by atoms with Crippen LogP contribution in [0, 0.1) is 5.92 Å². The maximum atomic E-state index is 11.9. The van der Waals surface area contributed by atoms with Crippen molar-refractivity contribution < 1.29 is 4.79 Å². The Labute approximate surface area is 104 Å². The molecule has 1 atom stereocenters. The minimum absolute atomic E-state index is 0.0428. The zero-order chi connectivity index (χ0) is 12.7. The largest absolute Gasteiger partial charge is 0.349 e. The number of carbonyl (C=O) groups is 1. The normalized spacial score (nSPS) is 12.5. The minimum Gasteiger partial charge on any atom is -0.349 e. The van der Waals surface area contributed by atoms with Crippen LogP contribution in [0.1, 0.15) is 50.4 Å². The standard InChI is InChI=1S/C15H23NO/c1-4-14(11-10-12(2)3)16-15(17)13-8-6-5-7-9-13/h5-9,12,14H,4,10-11H2,1-3H3,(H,16,17). The van der Waals surface area contributed by atoms with Crippen molar-refractivity contribution >= 4 is 5.91 Å². The topological polar surface area (TPSA) is 29.1 Å². The first kappa shape index (κ1) is 13.8. The molecule has 1 unspecified atom stereocenters. The monoisotopic (exact) mass is 233 g/mol. The highest BCUT2D eigenvalue weighted by Crippen LogP contribution is 2.10. The molecule has 1 N–H and O–H groups in total. The molecule has 0 aliphatic heterocycles. The van der Waals surface area contributed by atoms with Gasteiger partial charge in [0.15, 0.2) is 0 Å². The molecule has 0 spiro atoms. The summed E-state index contributed by atoms with van der Waals surface area (Å²) in [7, 11) is 0. The molecule has 2 heteroatoms. The number of carbonyl (C=O) groups excluding carboxylic acids is 1. The first-order chi connectivity index (χ1) is 8.13. The molecule has 0 fully saturated rings. The van der Waals surface area contributed by atoms with Gasteiger partial charge >= 0.3 is 0 Å². The zero-order valence-electron chi connectivity index (χ0n) is 11.1. The Bertz CT molecular complexity index is 332. The van der Waals surface area contributed by atoms with E-state index >= 15 is 0 Å². The molecule has 94 valence electrons. The molecule has 17 heavy (non-hydrogen) atoms. The molecule has 0 saturated heterocycles. The van der Waals surface area contributed by atoms with Crippen molar-refractivity contribution in [2.24, 2.45) is 5.92 Å². The molecule has 1 aromatic rings. The van der Waals surface area contributed by atoms with Crippen LogP contribution >= 0.6 is 0 Å². The SMILES string of the molecule is CCC(CCC(C)C)NC(=O)c1ccccc1. The average Bonchev–Trinajstić information content (AvgIpc) is 2.35. The van der Waals surface area contributed by atoms with Gasteiger partial charge in [-0.05, 0) is 37.3 Å². The van der Waals surface area contributed by atoms with Gasteiger partial charge in [0.05, 0.1) is 0 Å². The third-order valence-corrected chi connectivity index (χ3v) is 2.96. The highest BCUT2D eigenvalue weighted by Gasteiger charge is 2.12. The van der Waals surface area contributed by atoms with Gasteiger partial charge in [0.25, 0.3) is 5.91 Å². The molecule has 1 amide bonds. The highest BCUT2D eigenvalue weighted by atomic mass is 16.1. The van der Waals surface area contributed by atoms with E-state index in [4.69, 9.17) is 0 Å². The van der Waals surface area contributed by atoms with Crippen LogP contribution in [-0.2, 0) is 0 Å². The lowest BCUT2D eigenvalue weighted by atomic mass is 10.0. The van der Waals surface area contributed by atoms with Crippen molar-refractivity contribution in [1.29, 1.82) is 0 Å². The summed E-state index contributed by atoms with van der Waals surface area (Å²) >= 11 is 0. The second kappa shape index (κ2) is 7.10. The summed E-state index contributed by atoms with van der Waals surface area (Å²) in [5.41, 5.74) is 0.746. The van der Waals surface area contributed by atoms with Crippen LogP contribution in [0.3, 0.4) is 0 Å². The van der Waals surface area contributed by atoms with Crippen LogP contribution in [0.2, 0.25) is 0 Å². The maximum absolute atomic E-state index is 11.9. The molecule has 2 nitrogen and oxygen atoms in total. The molecule has 1 aromatic carbocycles. The third-order valence-electron chi connectivity index (χ3n) is 2.96. The Kier molecular flexibility index (Phi) is 5.75. The second-order valence-electron chi connectivity index (χ2n) is 4.92. The molecule has 0 aliphatic carbocycles. The van der Waals surface area contributed by atoms with E-state index in [0.29, 0.717) is 12.0 Å². The molecule has 0 aliphatic rings. The number of benzene rings is 1. The van der Waals surface area contributed by atoms with Gasteiger partial charge in [0.1, 0.15) is 0 Å². The summed E-state index contributed by atoms with van der Waals surface area (Å²) in [6, 6.07) is 9.71. The Balaban J connectivity index is 2.48. The Morgan fingerprint density at radius 2 is 1.82 bits per heavy atom. The van der Waals surface area contributed by atoms with E-state index in [1.165, 1.54) is 0 Å². The molecular weight excluding hydrogens is 210 g/mol. The quantitative estimate of drug-likeness (QED) is 0.798. The number of amides is 1. The lowest BCUT2D eigenvalue weighted by Gasteiger charge is -2.18. The lowest BCUT2D eigenvalue weighted by Crippen LogP contribution is -2.34. The van der Waals surface area contributed by atoms with Crippen molar-refractivity contribution in [3.63, 3.8) is 0 Å². The van der Waals surface area contributed by atoms with Gasteiger partial charge < -0.3 is 5.32 Å². The van der Waals surface area contributed by atoms with E-state index in [9.17, 15) is 4.79 Å². The van der Waals surface area contributed by atoms with Gasteiger partial charge in [-0.15, -0.1) is 0 Å². The fraction of sp³-hybridized carbons (Fsp3) is 0.533. The van der Waals surface area contributed by atoms with Crippen molar-refractivity contribution in [2.45, 2.75) is 46.1 Å². The fourth-order valence-electron chi connectivity index (χ4n) is 1.77. The Morgan fingerprint density at radius 3 is 2.35 bits per heavy atom. The summed E-state index contributed by atoms with van der Waals surface area (Å²) in [6.07, 6.45) is 3.21. The van der Waals surface area contributed by atoms with Crippen LogP contribution < -0.4 is 5.32 Å². The second-order valence-corrected chi connectivity index (χ2v) is 4.92. The van der Waals surface area contributed by atoms with Crippen LogP contribution in [0.4, 0.5) is 0 Å². The summed E-state index contributed by atoms with van der Waals surface area (Å²) in [4.78, 5) is 11.9. The summed E-state index contributed by atoms with van der Waals surface area (Å²) < 4.78 is 0. The fourth-order valence-corrected chi connectivity index (χ4v) is 1.77. The van der Waals surface area contributed by atoms with Gasteiger partial charge in [-0.25, -0.2) is 0 Å². The van der Waals surface area contributed by atoms with Gasteiger partial charge in [-0.2, -0.15) is 0 Å². The number of hydrogen-bond donors (Lipinski definition) is 1. The average molecular weight is 233 g/mol. The van der Waals surface area contributed by atoms with E-state index in [0.717, 1.165) is 24.8 Å².